The number of hydrogen-bond donors (Lipinski definition) is 0. The van der Waals surface area contributed by atoms with E-state index in [0.717, 1.165) is 12.7 Å². The smallest absolute Gasteiger partial charge is 0.139 e. The lowest BCUT2D eigenvalue weighted by Gasteiger charge is -2.11. The minimum absolute atomic E-state index is 0.0249. The fraction of sp³-hybridized carbons (Fsp3) is 0.800. The van der Waals surface area contributed by atoms with Crippen molar-refractivity contribution in [2.24, 2.45) is 11.8 Å². The second kappa shape index (κ2) is 4.39. The molecule has 68 valence electrons. The van der Waals surface area contributed by atoms with Crippen molar-refractivity contribution in [1.29, 1.82) is 0 Å². The van der Waals surface area contributed by atoms with E-state index in [1.54, 1.807) is 0 Å². The van der Waals surface area contributed by atoms with Gasteiger partial charge in [-0.3, -0.25) is 4.79 Å². The van der Waals surface area contributed by atoms with Crippen molar-refractivity contribution in [3.8, 4) is 0 Å². The van der Waals surface area contributed by atoms with E-state index in [1.165, 1.54) is 32.6 Å². The summed E-state index contributed by atoms with van der Waals surface area (Å²) in [5.74, 6) is 0.328. The number of aldehydes is 1. The third-order valence-corrected chi connectivity index (χ3v) is 2.75. The van der Waals surface area contributed by atoms with Crippen LogP contribution >= 0.6 is 0 Å². The summed E-state index contributed by atoms with van der Waals surface area (Å²) in [6, 6.07) is 0. The van der Waals surface area contributed by atoms with Crippen molar-refractivity contribution in [3.63, 3.8) is 0 Å². The van der Waals surface area contributed by atoms with Crippen molar-refractivity contribution in [1.82, 2.24) is 0 Å². The molecule has 1 saturated carbocycles. The number of carbonyl (C=O) groups excluding carboxylic acids is 2. The molecule has 1 atom stereocenters. The second-order valence-electron chi connectivity index (χ2n) is 3.74. The van der Waals surface area contributed by atoms with Gasteiger partial charge in [-0.15, -0.1) is 0 Å². The molecule has 0 amide bonds. The van der Waals surface area contributed by atoms with Gasteiger partial charge in [0.15, 0.2) is 0 Å². The van der Waals surface area contributed by atoms with Crippen molar-refractivity contribution in [2.75, 3.05) is 0 Å². The Balaban J connectivity index is 2.35. The van der Waals surface area contributed by atoms with Crippen LogP contribution in [0.5, 0.6) is 0 Å². The zero-order chi connectivity index (χ0) is 8.97. The van der Waals surface area contributed by atoms with Crippen molar-refractivity contribution >= 4 is 12.1 Å². The maximum absolute atomic E-state index is 10.9. The largest absolute Gasteiger partial charge is 0.303 e. The quantitative estimate of drug-likeness (QED) is 0.475. The Bertz CT molecular complexity index is 169. The molecule has 12 heavy (non-hydrogen) atoms. The highest BCUT2D eigenvalue weighted by Gasteiger charge is 2.22. The summed E-state index contributed by atoms with van der Waals surface area (Å²) in [6.07, 6.45) is 6.55. The minimum Gasteiger partial charge on any atom is -0.303 e. The average Bonchev–Trinajstić information content (AvgIpc) is 2.51. The van der Waals surface area contributed by atoms with Crippen molar-refractivity contribution in [2.45, 2.75) is 39.0 Å². The van der Waals surface area contributed by atoms with Crippen molar-refractivity contribution in [3.05, 3.63) is 0 Å². The van der Waals surface area contributed by atoms with Gasteiger partial charge in [0.25, 0.3) is 0 Å². The van der Waals surface area contributed by atoms with Gasteiger partial charge in [-0.1, -0.05) is 25.7 Å². The molecule has 0 aliphatic heterocycles. The first-order valence-electron chi connectivity index (χ1n) is 4.69. The first-order valence-corrected chi connectivity index (χ1v) is 4.69. The normalized spacial score (nSPS) is 20.8. The van der Waals surface area contributed by atoms with Crippen LogP contribution in [-0.2, 0) is 9.59 Å². The lowest BCUT2D eigenvalue weighted by molar-refractivity contribution is -0.126. The van der Waals surface area contributed by atoms with Gasteiger partial charge in [-0.2, -0.15) is 0 Å². The average molecular weight is 168 g/mol. The van der Waals surface area contributed by atoms with E-state index in [2.05, 4.69) is 0 Å². The Kier molecular flexibility index (Phi) is 3.45. The van der Waals surface area contributed by atoms with Crippen LogP contribution in [0.15, 0.2) is 0 Å². The molecule has 1 fully saturated rings. The Labute approximate surface area is 73.3 Å². The molecule has 0 heterocycles. The van der Waals surface area contributed by atoms with Gasteiger partial charge in [-0.25, -0.2) is 0 Å². The van der Waals surface area contributed by atoms with Gasteiger partial charge >= 0.3 is 0 Å². The highest BCUT2D eigenvalue weighted by Crippen LogP contribution is 2.29. The molecule has 0 bridgehead atoms. The fourth-order valence-corrected chi connectivity index (χ4v) is 1.92. The summed E-state index contributed by atoms with van der Waals surface area (Å²) in [7, 11) is 0. The van der Waals surface area contributed by atoms with Crippen LogP contribution in [0.1, 0.15) is 39.0 Å². The summed E-state index contributed by atoms with van der Waals surface area (Å²) < 4.78 is 0. The van der Waals surface area contributed by atoms with Crippen LogP contribution < -0.4 is 0 Å². The summed E-state index contributed by atoms with van der Waals surface area (Å²) >= 11 is 0. The Hall–Kier alpha value is -0.660. The van der Waals surface area contributed by atoms with E-state index in [0.29, 0.717) is 5.92 Å². The summed E-state index contributed by atoms with van der Waals surface area (Å²) in [5.41, 5.74) is 0. The predicted molar refractivity (Wildman–Crippen MR) is 46.8 cm³/mol. The molecule has 0 aromatic carbocycles. The van der Waals surface area contributed by atoms with E-state index in [-0.39, 0.29) is 11.7 Å². The highest BCUT2D eigenvalue weighted by atomic mass is 16.1. The Morgan fingerprint density at radius 2 is 2.08 bits per heavy atom. The fourth-order valence-electron chi connectivity index (χ4n) is 1.92. The molecular formula is C10H16O2. The lowest BCUT2D eigenvalue weighted by atomic mass is 9.92. The van der Waals surface area contributed by atoms with Crippen LogP contribution in [0, 0.1) is 11.8 Å². The molecule has 0 saturated heterocycles. The number of hydrogen-bond acceptors (Lipinski definition) is 2. The molecule has 0 radical (unpaired) electrons. The van der Waals surface area contributed by atoms with Crippen LogP contribution in [0.3, 0.4) is 0 Å². The zero-order valence-electron chi connectivity index (χ0n) is 7.58. The van der Waals surface area contributed by atoms with Gasteiger partial charge in [-0.05, 0) is 19.3 Å². The Morgan fingerprint density at radius 1 is 1.50 bits per heavy atom. The zero-order valence-corrected chi connectivity index (χ0v) is 7.58. The molecule has 0 aromatic heterocycles. The third kappa shape index (κ3) is 2.43. The van der Waals surface area contributed by atoms with Gasteiger partial charge in [0.05, 0.1) is 5.92 Å². The van der Waals surface area contributed by atoms with E-state index >= 15 is 0 Å². The molecule has 0 spiro atoms. The monoisotopic (exact) mass is 168 g/mol. The molecule has 1 rings (SSSR count). The summed E-state index contributed by atoms with van der Waals surface area (Å²) in [4.78, 5) is 21.4. The van der Waals surface area contributed by atoms with E-state index in [1.807, 2.05) is 0 Å². The van der Waals surface area contributed by atoms with Gasteiger partial charge in [0, 0.05) is 0 Å². The molecule has 1 aliphatic carbocycles. The molecule has 2 heteroatoms. The molecule has 0 N–H and O–H groups in total. The SMILES string of the molecule is CC(=O)C(C=O)CC1CCCC1. The minimum atomic E-state index is -0.326. The highest BCUT2D eigenvalue weighted by molar-refractivity contribution is 5.91. The van der Waals surface area contributed by atoms with Gasteiger partial charge in [0.2, 0.25) is 0 Å². The van der Waals surface area contributed by atoms with Crippen LogP contribution in [0.2, 0.25) is 0 Å². The molecule has 2 nitrogen and oxygen atoms in total. The van der Waals surface area contributed by atoms with Gasteiger partial charge in [0.1, 0.15) is 12.1 Å². The maximum Gasteiger partial charge on any atom is 0.139 e. The number of Topliss-reactive ketones (excluding diaryl/α,β-unsaturated/α-hetero) is 1. The van der Waals surface area contributed by atoms with Crippen LogP contribution in [0.25, 0.3) is 0 Å². The summed E-state index contributed by atoms with van der Waals surface area (Å²) in [6.45, 7) is 1.51. The molecule has 1 unspecified atom stereocenters. The van der Waals surface area contributed by atoms with Gasteiger partial charge < -0.3 is 4.79 Å². The molecule has 0 aromatic rings. The second-order valence-corrected chi connectivity index (χ2v) is 3.74. The maximum atomic E-state index is 10.9. The van der Waals surface area contributed by atoms with Crippen LogP contribution in [-0.4, -0.2) is 12.1 Å². The first-order chi connectivity index (χ1) is 5.74. The topological polar surface area (TPSA) is 34.1 Å². The van der Waals surface area contributed by atoms with Crippen molar-refractivity contribution < 1.29 is 9.59 Å². The van der Waals surface area contributed by atoms with Crippen LogP contribution in [0.4, 0.5) is 0 Å². The molecular weight excluding hydrogens is 152 g/mol. The molecule has 1 aliphatic rings. The standard InChI is InChI=1S/C10H16O2/c1-8(12)10(7-11)6-9-4-2-3-5-9/h7,9-10H,2-6H2,1H3. The predicted octanol–water partition coefficient (Wildman–Crippen LogP) is 1.97. The number of rotatable bonds is 4. The Morgan fingerprint density at radius 3 is 2.50 bits per heavy atom. The van der Waals surface area contributed by atoms with E-state index < -0.39 is 0 Å². The number of carbonyl (C=O) groups is 2. The van der Waals surface area contributed by atoms with E-state index in [4.69, 9.17) is 0 Å². The third-order valence-electron chi connectivity index (χ3n) is 2.75. The summed E-state index contributed by atoms with van der Waals surface area (Å²) in [5, 5.41) is 0. The first kappa shape index (κ1) is 9.43. The number of ketones is 1. The lowest BCUT2D eigenvalue weighted by Crippen LogP contribution is -2.15. The van der Waals surface area contributed by atoms with E-state index in [9.17, 15) is 9.59 Å².